The van der Waals surface area contributed by atoms with E-state index < -0.39 is 0 Å². The van der Waals surface area contributed by atoms with Crippen LogP contribution in [0.15, 0.2) is 24.4 Å². The van der Waals surface area contributed by atoms with Crippen molar-refractivity contribution in [3.05, 3.63) is 35.4 Å². The quantitative estimate of drug-likeness (QED) is 0.791. The zero-order valence-electron chi connectivity index (χ0n) is 8.66. The summed E-state index contributed by atoms with van der Waals surface area (Å²) in [5.74, 6) is 1.05. The molecule has 0 fully saturated rings. The van der Waals surface area contributed by atoms with Crippen molar-refractivity contribution in [2.24, 2.45) is 0 Å². The number of hydrogen-bond acceptors (Lipinski definition) is 2. The summed E-state index contributed by atoms with van der Waals surface area (Å²) in [6.45, 7) is 4.09. The lowest BCUT2D eigenvalue weighted by atomic mass is 10.2. The minimum absolute atomic E-state index is 0.275. The zero-order valence-corrected chi connectivity index (χ0v) is 9.42. The molecule has 0 aliphatic carbocycles. The predicted octanol–water partition coefficient (Wildman–Crippen LogP) is 3.25. The Kier molecular flexibility index (Phi) is 2.73. The number of aromatic amines is 1. The van der Waals surface area contributed by atoms with Crippen LogP contribution >= 0.6 is 11.6 Å². The minimum atomic E-state index is 0.275. The Morgan fingerprint density at radius 2 is 2.13 bits per heavy atom. The van der Waals surface area contributed by atoms with Gasteiger partial charge < -0.3 is 4.98 Å². The van der Waals surface area contributed by atoms with Crippen LogP contribution in [0.4, 0.5) is 0 Å². The monoisotopic (exact) mass is 221 g/mol. The number of aromatic nitrogens is 3. The molecule has 0 radical (unpaired) electrons. The summed E-state index contributed by atoms with van der Waals surface area (Å²) in [5, 5.41) is 0.485. The first-order chi connectivity index (χ1) is 7.16. The van der Waals surface area contributed by atoms with E-state index in [1.807, 2.05) is 32.2 Å². The second-order valence-electron chi connectivity index (χ2n) is 3.67. The highest BCUT2D eigenvalue weighted by molar-refractivity contribution is 6.29. The highest BCUT2D eigenvalue weighted by Gasteiger charge is 2.08. The molecule has 2 aromatic rings. The molecule has 0 saturated carbocycles. The van der Waals surface area contributed by atoms with E-state index in [1.54, 1.807) is 6.07 Å². The summed E-state index contributed by atoms with van der Waals surface area (Å²) < 4.78 is 0. The lowest BCUT2D eigenvalue weighted by molar-refractivity contribution is 0.776. The molecule has 2 rings (SSSR count). The molecule has 0 amide bonds. The van der Waals surface area contributed by atoms with Crippen LogP contribution in [0, 0.1) is 0 Å². The van der Waals surface area contributed by atoms with E-state index in [9.17, 15) is 0 Å². The topological polar surface area (TPSA) is 41.6 Å². The molecule has 0 saturated heterocycles. The van der Waals surface area contributed by atoms with Crippen LogP contribution < -0.4 is 0 Å². The van der Waals surface area contributed by atoms with Gasteiger partial charge in [-0.2, -0.15) is 0 Å². The van der Waals surface area contributed by atoms with Gasteiger partial charge in [-0.1, -0.05) is 25.4 Å². The second-order valence-corrected chi connectivity index (χ2v) is 4.06. The third-order valence-corrected chi connectivity index (χ3v) is 2.30. The summed E-state index contributed by atoms with van der Waals surface area (Å²) in [6, 6.07) is 5.66. The van der Waals surface area contributed by atoms with Gasteiger partial charge in [-0.05, 0) is 12.1 Å². The average Bonchev–Trinajstić information content (AvgIpc) is 2.69. The van der Waals surface area contributed by atoms with Crippen molar-refractivity contribution in [3.8, 4) is 11.4 Å². The van der Waals surface area contributed by atoms with Gasteiger partial charge in [0.05, 0.1) is 11.4 Å². The summed E-state index contributed by atoms with van der Waals surface area (Å²) >= 11 is 5.95. The van der Waals surface area contributed by atoms with Crippen LogP contribution in [-0.2, 0) is 0 Å². The molecule has 4 heteroatoms. The smallest absolute Gasteiger partial charge is 0.133 e. The van der Waals surface area contributed by atoms with E-state index in [0.717, 1.165) is 17.2 Å². The Morgan fingerprint density at radius 1 is 1.33 bits per heavy atom. The molecule has 78 valence electrons. The Labute approximate surface area is 93.5 Å². The van der Waals surface area contributed by atoms with E-state index in [4.69, 9.17) is 11.6 Å². The number of rotatable bonds is 2. The fourth-order valence-electron chi connectivity index (χ4n) is 1.32. The van der Waals surface area contributed by atoms with Crippen molar-refractivity contribution in [1.29, 1.82) is 0 Å². The Morgan fingerprint density at radius 3 is 2.73 bits per heavy atom. The number of halogens is 1. The maximum atomic E-state index is 5.95. The third-order valence-electron chi connectivity index (χ3n) is 2.10. The summed E-state index contributed by atoms with van der Waals surface area (Å²) in [4.78, 5) is 11.7. The molecule has 1 N–H and O–H groups in total. The molecule has 0 aliphatic heterocycles. The van der Waals surface area contributed by atoms with Gasteiger partial charge in [0.2, 0.25) is 0 Å². The second kappa shape index (κ2) is 4.03. The van der Waals surface area contributed by atoms with Crippen LogP contribution in [0.25, 0.3) is 11.4 Å². The highest BCUT2D eigenvalue weighted by Crippen LogP contribution is 2.20. The Balaban J connectivity index is 2.49. The molecule has 0 spiro atoms. The van der Waals surface area contributed by atoms with E-state index in [-0.39, 0.29) is 5.92 Å². The summed E-state index contributed by atoms with van der Waals surface area (Å²) in [7, 11) is 0. The molecule has 0 bridgehead atoms. The normalized spacial score (nSPS) is 10.9. The van der Waals surface area contributed by atoms with Crippen molar-refractivity contribution in [3.63, 3.8) is 0 Å². The lowest BCUT2D eigenvalue weighted by Gasteiger charge is -2.06. The van der Waals surface area contributed by atoms with Crippen LogP contribution in [-0.4, -0.2) is 15.0 Å². The number of nitrogens with zero attached hydrogens (tertiary/aromatic N) is 2. The lowest BCUT2D eigenvalue weighted by Crippen LogP contribution is -1.99. The standard InChI is InChI=1S/C11H12ClN3/c1-7(2)11-14-9(6-10(12)15-11)8-4-3-5-13-8/h3-7,13H,1-2H3. The van der Waals surface area contributed by atoms with Gasteiger partial charge in [0, 0.05) is 18.2 Å². The van der Waals surface area contributed by atoms with Crippen molar-refractivity contribution >= 4 is 11.6 Å². The highest BCUT2D eigenvalue weighted by atomic mass is 35.5. The van der Waals surface area contributed by atoms with Crippen molar-refractivity contribution in [2.75, 3.05) is 0 Å². The molecule has 0 aliphatic rings. The van der Waals surface area contributed by atoms with Gasteiger partial charge >= 0.3 is 0 Å². The molecule has 15 heavy (non-hydrogen) atoms. The first kappa shape index (κ1) is 10.2. The molecule has 0 unspecified atom stereocenters. The third kappa shape index (κ3) is 2.18. The molecular formula is C11H12ClN3. The molecule has 0 aromatic carbocycles. The average molecular weight is 222 g/mol. The van der Waals surface area contributed by atoms with Gasteiger partial charge in [0.25, 0.3) is 0 Å². The largest absolute Gasteiger partial charge is 0.360 e. The zero-order chi connectivity index (χ0) is 10.8. The Bertz CT molecular complexity index is 449. The Hall–Kier alpha value is -1.35. The maximum Gasteiger partial charge on any atom is 0.133 e. The molecular weight excluding hydrogens is 210 g/mol. The van der Waals surface area contributed by atoms with Crippen molar-refractivity contribution in [2.45, 2.75) is 19.8 Å². The fourth-order valence-corrected chi connectivity index (χ4v) is 1.51. The van der Waals surface area contributed by atoms with Crippen LogP contribution in [0.2, 0.25) is 5.15 Å². The molecule has 2 heterocycles. The van der Waals surface area contributed by atoms with Crippen molar-refractivity contribution in [1.82, 2.24) is 15.0 Å². The fraction of sp³-hybridized carbons (Fsp3) is 0.273. The van der Waals surface area contributed by atoms with Gasteiger partial charge in [-0.15, -0.1) is 0 Å². The van der Waals surface area contributed by atoms with E-state index in [2.05, 4.69) is 15.0 Å². The number of nitrogens with one attached hydrogen (secondary N) is 1. The number of H-pyrrole nitrogens is 1. The summed E-state index contributed by atoms with van der Waals surface area (Å²) in [5.41, 5.74) is 1.80. The van der Waals surface area contributed by atoms with Crippen LogP contribution in [0.1, 0.15) is 25.6 Å². The molecule has 2 aromatic heterocycles. The SMILES string of the molecule is CC(C)c1nc(Cl)cc(-c2ccc[nH]2)n1. The van der Waals surface area contributed by atoms with E-state index in [0.29, 0.717) is 5.15 Å². The van der Waals surface area contributed by atoms with Gasteiger partial charge in [-0.25, -0.2) is 9.97 Å². The van der Waals surface area contributed by atoms with Crippen molar-refractivity contribution < 1.29 is 0 Å². The maximum absolute atomic E-state index is 5.95. The van der Waals surface area contributed by atoms with Gasteiger partial charge in [0.1, 0.15) is 11.0 Å². The van der Waals surface area contributed by atoms with Gasteiger partial charge in [0.15, 0.2) is 0 Å². The van der Waals surface area contributed by atoms with Crippen LogP contribution in [0.3, 0.4) is 0 Å². The minimum Gasteiger partial charge on any atom is -0.360 e. The first-order valence-electron chi connectivity index (χ1n) is 4.85. The first-order valence-corrected chi connectivity index (χ1v) is 5.23. The van der Waals surface area contributed by atoms with Crippen LogP contribution in [0.5, 0.6) is 0 Å². The predicted molar refractivity (Wildman–Crippen MR) is 60.9 cm³/mol. The molecule has 3 nitrogen and oxygen atoms in total. The van der Waals surface area contributed by atoms with E-state index >= 15 is 0 Å². The number of hydrogen-bond donors (Lipinski definition) is 1. The van der Waals surface area contributed by atoms with E-state index in [1.165, 1.54) is 0 Å². The summed E-state index contributed by atoms with van der Waals surface area (Å²) in [6.07, 6.45) is 1.86. The van der Waals surface area contributed by atoms with Gasteiger partial charge in [-0.3, -0.25) is 0 Å². The molecule has 0 atom stereocenters.